The Kier molecular flexibility index (Phi) is 3.75. The summed E-state index contributed by atoms with van der Waals surface area (Å²) >= 11 is 2.13. The highest BCUT2D eigenvalue weighted by atomic mass is 127. The molecule has 0 saturated heterocycles. The van der Waals surface area contributed by atoms with Gasteiger partial charge in [0.05, 0.1) is 9.26 Å². The van der Waals surface area contributed by atoms with Crippen molar-refractivity contribution in [1.82, 2.24) is 9.97 Å². The molecule has 0 spiro atoms. The van der Waals surface area contributed by atoms with Gasteiger partial charge in [-0.25, -0.2) is 14.4 Å². The molecule has 0 atom stereocenters. The van der Waals surface area contributed by atoms with Gasteiger partial charge in [0.25, 0.3) is 0 Å². The van der Waals surface area contributed by atoms with E-state index in [1.165, 1.54) is 12.1 Å². The molecule has 0 aliphatic heterocycles. The molecule has 100 valence electrons. The number of aryl methyl sites for hydroxylation is 1. The van der Waals surface area contributed by atoms with Crippen LogP contribution in [0.5, 0.6) is 0 Å². The fourth-order valence-electron chi connectivity index (χ4n) is 1.86. The van der Waals surface area contributed by atoms with Gasteiger partial charge in [0.1, 0.15) is 17.5 Å². The molecular formula is C14H15FIN3. The maximum atomic E-state index is 13.0. The van der Waals surface area contributed by atoms with E-state index in [1.54, 1.807) is 12.1 Å². The summed E-state index contributed by atoms with van der Waals surface area (Å²) in [5.74, 6) is 0.881. The molecule has 5 heteroatoms. The summed E-state index contributed by atoms with van der Waals surface area (Å²) in [4.78, 5) is 8.88. The molecule has 3 nitrogen and oxygen atoms in total. The lowest BCUT2D eigenvalue weighted by Gasteiger charge is -2.24. The Bertz CT molecular complexity index is 586. The summed E-state index contributed by atoms with van der Waals surface area (Å²) in [6, 6.07) is 6.39. The van der Waals surface area contributed by atoms with Gasteiger partial charge in [0.15, 0.2) is 0 Å². The predicted molar refractivity (Wildman–Crippen MR) is 82.4 cm³/mol. The van der Waals surface area contributed by atoms with E-state index in [0.717, 1.165) is 14.8 Å². The van der Waals surface area contributed by atoms with Crippen LogP contribution < -0.4 is 5.73 Å². The molecule has 0 amide bonds. The van der Waals surface area contributed by atoms with E-state index < -0.39 is 5.41 Å². The monoisotopic (exact) mass is 371 g/mol. The minimum atomic E-state index is -0.420. The van der Waals surface area contributed by atoms with Crippen molar-refractivity contribution in [3.8, 4) is 0 Å². The van der Waals surface area contributed by atoms with E-state index in [9.17, 15) is 4.39 Å². The van der Waals surface area contributed by atoms with Crippen molar-refractivity contribution >= 4 is 28.4 Å². The standard InChI is InChI=1S/C14H15FIN3/c1-8-11(16)12(17)19-13(18-8)14(2,3)9-4-6-10(15)7-5-9/h4-7H,1-3H3,(H2,17,18,19). The number of hydrogen-bond acceptors (Lipinski definition) is 3. The van der Waals surface area contributed by atoms with Crippen molar-refractivity contribution in [2.45, 2.75) is 26.2 Å². The quantitative estimate of drug-likeness (QED) is 0.823. The van der Waals surface area contributed by atoms with Crippen LogP contribution in [0.4, 0.5) is 10.2 Å². The molecule has 0 radical (unpaired) electrons. The van der Waals surface area contributed by atoms with Gasteiger partial charge in [-0.3, -0.25) is 0 Å². The second kappa shape index (κ2) is 5.03. The van der Waals surface area contributed by atoms with Gasteiger partial charge >= 0.3 is 0 Å². The maximum absolute atomic E-state index is 13.0. The summed E-state index contributed by atoms with van der Waals surface area (Å²) in [5.41, 5.74) is 7.29. The highest BCUT2D eigenvalue weighted by molar-refractivity contribution is 14.1. The average molecular weight is 371 g/mol. The highest BCUT2D eigenvalue weighted by Crippen LogP contribution is 2.30. The van der Waals surface area contributed by atoms with E-state index in [0.29, 0.717) is 11.6 Å². The number of aromatic nitrogens is 2. The van der Waals surface area contributed by atoms with Gasteiger partial charge in [-0.15, -0.1) is 0 Å². The molecule has 0 fully saturated rings. The average Bonchev–Trinajstić information content (AvgIpc) is 2.35. The van der Waals surface area contributed by atoms with E-state index in [1.807, 2.05) is 20.8 Å². The second-order valence-electron chi connectivity index (χ2n) is 4.96. The zero-order chi connectivity index (χ0) is 14.2. The molecule has 0 bridgehead atoms. The van der Waals surface area contributed by atoms with E-state index in [2.05, 4.69) is 32.6 Å². The molecule has 1 aromatic carbocycles. The fraction of sp³-hybridized carbons (Fsp3) is 0.286. The molecule has 2 aromatic rings. The van der Waals surface area contributed by atoms with Crippen LogP contribution >= 0.6 is 22.6 Å². The Morgan fingerprint density at radius 2 is 1.74 bits per heavy atom. The number of halogens is 2. The first-order chi connectivity index (χ1) is 8.82. The molecule has 0 unspecified atom stereocenters. The van der Waals surface area contributed by atoms with Gasteiger partial charge in [0.2, 0.25) is 0 Å². The third-order valence-electron chi connectivity index (χ3n) is 3.17. The van der Waals surface area contributed by atoms with Crippen LogP contribution in [0.25, 0.3) is 0 Å². The van der Waals surface area contributed by atoms with Crippen LogP contribution in [0.1, 0.15) is 30.9 Å². The summed E-state index contributed by atoms with van der Waals surface area (Å²) in [6.07, 6.45) is 0. The minimum Gasteiger partial charge on any atom is -0.383 e. The Hall–Kier alpha value is -1.24. The van der Waals surface area contributed by atoms with Crippen LogP contribution in [0.3, 0.4) is 0 Å². The minimum absolute atomic E-state index is 0.251. The first-order valence-corrected chi connectivity index (χ1v) is 6.96. The van der Waals surface area contributed by atoms with Crippen LogP contribution in [0, 0.1) is 16.3 Å². The number of hydrogen-bond donors (Lipinski definition) is 1. The van der Waals surface area contributed by atoms with E-state index >= 15 is 0 Å². The number of nitrogen functional groups attached to an aromatic ring is 1. The summed E-state index contributed by atoms with van der Waals surface area (Å²) in [7, 11) is 0. The molecular weight excluding hydrogens is 356 g/mol. The normalized spacial score (nSPS) is 11.6. The number of rotatable bonds is 2. The van der Waals surface area contributed by atoms with E-state index in [4.69, 9.17) is 5.73 Å². The zero-order valence-corrected chi connectivity index (χ0v) is 13.2. The molecule has 19 heavy (non-hydrogen) atoms. The molecule has 2 rings (SSSR count). The number of nitrogens with two attached hydrogens (primary N) is 1. The predicted octanol–water partition coefficient (Wildman–Crippen LogP) is 3.44. The van der Waals surface area contributed by atoms with Gasteiger partial charge in [-0.2, -0.15) is 0 Å². The Balaban J connectivity index is 2.52. The Labute approximate surface area is 125 Å². The van der Waals surface area contributed by atoms with Crippen molar-refractivity contribution in [3.05, 3.63) is 50.7 Å². The first kappa shape index (κ1) is 14.2. The third-order valence-corrected chi connectivity index (χ3v) is 4.50. The van der Waals surface area contributed by atoms with E-state index in [-0.39, 0.29) is 5.82 Å². The van der Waals surface area contributed by atoms with Crippen molar-refractivity contribution in [1.29, 1.82) is 0 Å². The van der Waals surface area contributed by atoms with Crippen molar-refractivity contribution in [3.63, 3.8) is 0 Å². The molecule has 0 saturated carbocycles. The fourth-order valence-corrected chi connectivity index (χ4v) is 2.10. The van der Waals surface area contributed by atoms with Crippen LogP contribution in [0.15, 0.2) is 24.3 Å². The second-order valence-corrected chi connectivity index (χ2v) is 6.04. The number of benzene rings is 1. The third kappa shape index (κ3) is 2.70. The maximum Gasteiger partial charge on any atom is 0.141 e. The Morgan fingerprint density at radius 1 is 1.16 bits per heavy atom. The van der Waals surface area contributed by atoms with Gasteiger partial charge in [-0.05, 0) is 61.1 Å². The molecule has 0 aliphatic rings. The van der Waals surface area contributed by atoms with Crippen molar-refractivity contribution in [2.24, 2.45) is 0 Å². The van der Waals surface area contributed by atoms with Gasteiger partial charge < -0.3 is 5.73 Å². The SMILES string of the molecule is Cc1nc(C(C)(C)c2ccc(F)cc2)nc(N)c1I. The van der Waals surface area contributed by atoms with Crippen LogP contribution in [-0.4, -0.2) is 9.97 Å². The topological polar surface area (TPSA) is 51.8 Å². The molecule has 1 aromatic heterocycles. The number of anilines is 1. The van der Waals surface area contributed by atoms with Crippen LogP contribution in [0.2, 0.25) is 0 Å². The molecule has 1 heterocycles. The largest absolute Gasteiger partial charge is 0.383 e. The molecule has 2 N–H and O–H groups in total. The van der Waals surface area contributed by atoms with Crippen molar-refractivity contribution < 1.29 is 4.39 Å². The van der Waals surface area contributed by atoms with Crippen molar-refractivity contribution in [2.75, 3.05) is 5.73 Å². The zero-order valence-electron chi connectivity index (χ0n) is 11.0. The van der Waals surface area contributed by atoms with Gasteiger partial charge in [0, 0.05) is 5.41 Å². The summed E-state index contributed by atoms with van der Waals surface area (Å²) in [6.45, 7) is 5.91. The Morgan fingerprint density at radius 3 is 2.26 bits per heavy atom. The van der Waals surface area contributed by atoms with Gasteiger partial charge in [-0.1, -0.05) is 12.1 Å². The summed E-state index contributed by atoms with van der Waals surface area (Å²) in [5, 5.41) is 0. The lowest BCUT2D eigenvalue weighted by Crippen LogP contribution is -2.24. The smallest absolute Gasteiger partial charge is 0.141 e. The summed E-state index contributed by atoms with van der Waals surface area (Å²) < 4.78 is 13.9. The van der Waals surface area contributed by atoms with Crippen LogP contribution in [-0.2, 0) is 5.41 Å². The number of nitrogens with zero attached hydrogens (tertiary/aromatic N) is 2. The lowest BCUT2D eigenvalue weighted by atomic mass is 9.83. The molecule has 0 aliphatic carbocycles. The highest BCUT2D eigenvalue weighted by Gasteiger charge is 2.27. The first-order valence-electron chi connectivity index (χ1n) is 5.88. The lowest BCUT2D eigenvalue weighted by molar-refractivity contribution is 0.581.